The number of aliphatic hydroxyl groups is 2. The number of aryl methyl sites for hydroxylation is 1. The summed E-state index contributed by atoms with van der Waals surface area (Å²) in [6, 6.07) is -0.197. The van der Waals surface area contributed by atoms with E-state index in [-0.39, 0.29) is 24.3 Å². The van der Waals surface area contributed by atoms with Crippen molar-refractivity contribution in [2.45, 2.75) is 104 Å². The summed E-state index contributed by atoms with van der Waals surface area (Å²) in [7, 11) is 0. The molecule has 0 radical (unpaired) electrons. The van der Waals surface area contributed by atoms with E-state index in [0.717, 1.165) is 16.3 Å². The minimum absolute atomic E-state index is 0.0759. The molecule has 1 aliphatic rings. The van der Waals surface area contributed by atoms with Gasteiger partial charge in [-0.25, -0.2) is 4.98 Å². The molecule has 2 heterocycles. The quantitative estimate of drug-likeness (QED) is 0.246. The van der Waals surface area contributed by atoms with Crippen molar-refractivity contribution >= 4 is 34.9 Å². The van der Waals surface area contributed by atoms with Crippen LogP contribution < -0.4 is 5.73 Å². The maximum Gasteiger partial charge on any atom is 0.306 e. The number of rotatable bonds is 15. The predicted molar refractivity (Wildman–Crippen MR) is 142 cm³/mol. The van der Waals surface area contributed by atoms with Crippen molar-refractivity contribution in [2.75, 3.05) is 0 Å². The van der Waals surface area contributed by atoms with E-state index in [1.165, 1.54) is 20.8 Å². The van der Waals surface area contributed by atoms with Crippen LogP contribution >= 0.6 is 11.3 Å². The van der Waals surface area contributed by atoms with Crippen LogP contribution in [0.25, 0.3) is 6.08 Å². The third kappa shape index (κ3) is 8.00. The molecule has 0 aliphatic carbocycles. The van der Waals surface area contributed by atoms with E-state index in [1.54, 1.807) is 18.3 Å². The lowest BCUT2D eigenvalue weighted by Gasteiger charge is -2.33. The number of ketones is 2. The molecule has 37 heavy (non-hydrogen) atoms. The third-order valence-corrected chi connectivity index (χ3v) is 8.54. The molecule has 0 bridgehead atoms. The van der Waals surface area contributed by atoms with Gasteiger partial charge in [-0.15, -0.1) is 11.3 Å². The number of aliphatic hydroxyl groups excluding tert-OH is 2. The lowest BCUT2D eigenvalue weighted by molar-refractivity contribution is -0.147. The fourth-order valence-electron chi connectivity index (χ4n) is 4.56. The third-order valence-electron chi connectivity index (χ3n) is 7.75. The van der Waals surface area contributed by atoms with Crippen LogP contribution in [0.1, 0.15) is 77.9 Å². The highest BCUT2D eigenvalue weighted by Gasteiger charge is 2.52. The van der Waals surface area contributed by atoms with E-state index in [2.05, 4.69) is 4.98 Å². The topological polar surface area (TPSA) is 163 Å². The van der Waals surface area contributed by atoms with E-state index in [9.17, 15) is 24.6 Å². The van der Waals surface area contributed by atoms with Crippen LogP contribution in [-0.2, 0) is 19.1 Å². The molecular formula is C27H42N2O7S. The van der Waals surface area contributed by atoms with E-state index in [4.69, 9.17) is 15.6 Å². The Morgan fingerprint density at radius 3 is 2.43 bits per heavy atom. The van der Waals surface area contributed by atoms with Crippen LogP contribution in [0.3, 0.4) is 0 Å². The first-order valence-electron chi connectivity index (χ1n) is 12.7. The van der Waals surface area contributed by atoms with Gasteiger partial charge < -0.3 is 25.8 Å². The molecule has 1 fully saturated rings. The molecule has 2 rings (SSSR count). The SMILES string of the molecule is CC(=Cc1csc(C)n1)C(N)CC1OC1(C)CCC(=O)C(C)[C@H](O)[C@@H](C)C(=O)C(C)(C)[C@@H](O)CC(=O)O. The molecule has 7 atom stereocenters. The van der Waals surface area contributed by atoms with Crippen molar-refractivity contribution < 1.29 is 34.4 Å². The molecule has 0 saturated carbocycles. The summed E-state index contributed by atoms with van der Waals surface area (Å²) >= 11 is 1.58. The van der Waals surface area contributed by atoms with Gasteiger partial charge in [0, 0.05) is 29.7 Å². The lowest BCUT2D eigenvalue weighted by atomic mass is 9.73. The number of aliphatic carboxylic acids is 1. The zero-order valence-electron chi connectivity index (χ0n) is 22.9. The van der Waals surface area contributed by atoms with Gasteiger partial charge in [-0.05, 0) is 39.7 Å². The standard InChI is InChI=1S/C27H42N2O7S/c1-14(10-18-13-37-17(4)29-18)19(28)11-22-27(7,36-22)9-8-20(30)15(2)24(34)16(3)25(35)26(5,6)21(31)12-23(32)33/h10,13,15-16,19,21-22,24,31,34H,8-9,11-12,28H2,1-7H3,(H,32,33)/t15?,16-,19?,21+,22?,24+,27?/m1/s1. The minimum Gasteiger partial charge on any atom is -0.481 e. The normalized spacial score (nSPS) is 24.2. The van der Waals surface area contributed by atoms with Gasteiger partial charge in [0.15, 0.2) is 0 Å². The Bertz CT molecular complexity index is 1020. The largest absolute Gasteiger partial charge is 0.481 e. The second kappa shape index (κ2) is 12.3. The van der Waals surface area contributed by atoms with Crippen LogP contribution in [0.5, 0.6) is 0 Å². The maximum atomic E-state index is 12.9. The molecule has 1 aromatic rings. The maximum absolute atomic E-state index is 12.9. The van der Waals surface area contributed by atoms with Crippen LogP contribution in [0.15, 0.2) is 11.0 Å². The Balaban J connectivity index is 1.88. The molecule has 5 N–H and O–H groups in total. The highest BCUT2D eigenvalue weighted by Crippen LogP contribution is 2.43. The van der Waals surface area contributed by atoms with Gasteiger partial charge in [-0.2, -0.15) is 0 Å². The van der Waals surface area contributed by atoms with Gasteiger partial charge in [0.05, 0.1) is 46.5 Å². The Hall–Kier alpha value is -1.98. The average Bonchev–Trinajstić information content (AvgIpc) is 3.26. The van der Waals surface area contributed by atoms with Gasteiger partial charge in [-0.3, -0.25) is 14.4 Å². The number of carboxylic acids is 1. The first-order chi connectivity index (χ1) is 17.0. The van der Waals surface area contributed by atoms with Crippen LogP contribution in [0, 0.1) is 24.2 Å². The number of aromatic nitrogens is 1. The monoisotopic (exact) mass is 538 g/mol. The summed E-state index contributed by atoms with van der Waals surface area (Å²) in [6.45, 7) is 11.8. The number of hydrogen-bond acceptors (Lipinski definition) is 9. The van der Waals surface area contributed by atoms with Crippen molar-refractivity contribution in [1.82, 2.24) is 4.98 Å². The first-order valence-corrected chi connectivity index (χ1v) is 13.6. The summed E-state index contributed by atoms with van der Waals surface area (Å²) in [5, 5.41) is 32.9. The summed E-state index contributed by atoms with van der Waals surface area (Å²) in [4.78, 5) is 41.2. The van der Waals surface area contributed by atoms with Gasteiger partial charge in [0.1, 0.15) is 11.6 Å². The van der Waals surface area contributed by atoms with Crippen molar-refractivity contribution in [3.8, 4) is 0 Å². The number of carbonyl (C=O) groups is 3. The summed E-state index contributed by atoms with van der Waals surface area (Å²) < 4.78 is 5.89. The molecule has 4 unspecified atom stereocenters. The Morgan fingerprint density at radius 2 is 1.89 bits per heavy atom. The Morgan fingerprint density at radius 1 is 1.27 bits per heavy atom. The Kier molecular flexibility index (Phi) is 10.3. The smallest absolute Gasteiger partial charge is 0.306 e. The van der Waals surface area contributed by atoms with Crippen molar-refractivity contribution in [2.24, 2.45) is 23.0 Å². The number of nitrogens with two attached hydrogens (primary N) is 1. The minimum atomic E-state index is -1.41. The second-order valence-electron chi connectivity index (χ2n) is 11.2. The van der Waals surface area contributed by atoms with Gasteiger partial charge in [-0.1, -0.05) is 33.3 Å². The highest BCUT2D eigenvalue weighted by molar-refractivity contribution is 7.09. The summed E-state index contributed by atoms with van der Waals surface area (Å²) in [6.07, 6.45) is -0.0717. The molecular weight excluding hydrogens is 496 g/mol. The number of epoxide rings is 1. The highest BCUT2D eigenvalue weighted by atomic mass is 32.1. The first kappa shape index (κ1) is 31.2. The number of hydrogen-bond donors (Lipinski definition) is 4. The molecule has 10 heteroatoms. The second-order valence-corrected chi connectivity index (χ2v) is 12.2. The zero-order chi connectivity index (χ0) is 28.3. The fourth-order valence-corrected chi connectivity index (χ4v) is 5.13. The Labute approximate surface area is 223 Å². The molecule has 0 aromatic carbocycles. The lowest BCUT2D eigenvalue weighted by Crippen LogP contribution is -2.46. The molecule has 1 aromatic heterocycles. The van der Waals surface area contributed by atoms with Gasteiger partial charge in [0.25, 0.3) is 0 Å². The number of thiazole rings is 1. The van der Waals surface area contributed by atoms with E-state index >= 15 is 0 Å². The van der Waals surface area contributed by atoms with Gasteiger partial charge in [0.2, 0.25) is 0 Å². The molecule has 9 nitrogen and oxygen atoms in total. The van der Waals surface area contributed by atoms with Crippen molar-refractivity contribution in [3.63, 3.8) is 0 Å². The molecule has 1 saturated heterocycles. The molecule has 0 amide bonds. The van der Waals surface area contributed by atoms with Crippen molar-refractivity contribution in [3.05, 3.63) is 21.7 Å². The van der Waals surface area contributed by atoms with E-state index in [1.807, 2.05) is 32.2 Å². The molecule has 208 valence electrons. The van der Waals surface area contributed by atoms with Crippen LogP contribution in [0.2, 0.25) is 0 Å². The van der Waals surface area contributed by atoms with Crippen LogP contribution in [0.4, 0.5) is 0 Å². The number of carboxylic acid groups (broad SMARTS) is 1. The number of Topliss-reactive ketones (excluding diaryl/α,β-unsaturated/α-hetero) is 2. The summed E-state index contributed by atoms with van der Waals surface area (Å²) in [5.41, 5.74) is 6.41. The van der Waals surface area contributed by atoms with Crippen LogP contribution in [-0.4, -0.2) is 67.8 Å². The average molecular weight is 539 g/mol. The van der Waals surface area contributed by atoms with E-state index < -0.39 is 53.2 Å². The molecule has 1 aliphatic heterocycles. The number of ether oxygens (including phenoxy) is 1. The number of nitrogens with zero attached hydrogens (tertiary/aromatic N) is 1. The molecule has 0 spiro atoms. The van der Waals surface area contributed by atoms with Crippen molar-refractivity contribution in [1.29, 1.82) is 0 Å². The fraction of sp³-hybridized carbons (Fsp3) is 0.704. The zero-order valence-corrected chi connectivity index (χ0v) is 23.7. The predicted octanol–water partition coefficient (Wildman–Crippen LogP) is 3.14. The van der Waals surface area contributed by atoms with Gasteiger partial charge >= 0.3 is 5.97 Å². The number of carbonyl (C=O) groups excluding carboxylic acids is 2. The van der Waals surface area contributed by atoms with E-state index in [0.29, 0.717) is 12.8 Å². The summed E-state index contributed by atoms with van der Waals surface area (Å²) in [5.74, 6) is -3.66.